The van der Waals surface area contributed by atoms with Crippen molar-refractivity contribution in [2.24, 2.45) is 11.8 Å². The van der Waals surface area contributed by atoms with Crippen LogP contribution in [-0.4, -0.2) is 34.0 Å². The van der Waals surface area contributed by atoms with Crippen molar-refractivity contribution < 1.29 is 27.9 Å². The minimum absolute atomic E-state index is 0.102. The van der Waals surface area contributed by atoms with Crippen molar-refractivity contribution in [2.45, 2.75) is 97.0 Å². The summed E-state index contributed by atoms with van der Waals surface area (Å²) in [4.78, 5) is 42.4. The fourth-order valence-electron chi connectivity index (χ4n) is 4.98. The highest BCUT2D eigenvalue weighted by atomic mass is 19.3. The van der Waals surface area contributed by atoms with Crippen LogP contribution in [0.15, 0.2) is 42.5 Å². The first-order valence-electron chi connectivity index (χ1n) is 13.5. The zero-order valence-corrected chi connectivity index (χ0v) is 23.1. The standard InChI is InChI=1S/C31H39F2NO4/c1-6-27(35)26-18-23(17-25(34-26)20(2)21-11-8-7-9-12-21)28(36)14-10-13-24-16-15-22(19-31(24,32)33)29(37)38-30(3,4)5/h7-9,11-12,17-18,20,22,24H,6,10,13-16,19H2,1-5H3/t20-,22?,24?/m0/s1. The van der Waals surface area contributed by atoms with Crippen LogP contribution < -0.4 is 0 Å². The average Bonchev–Trinajstić information content (AvgIpc) is 2.87. The van der Waals surface area contributed by atoms with Gasteiger partial charge in [-0.1, -0.05) is 44.2 Å². The zero-order valence-electron chi connectivity index (χ0n) is 23.1. The van der Waals surface area contributed by atoms with Crippen molar-refractivity contribution in [3.63, 3.8) is 0 Å². The number of carbonyl (C=O) groups is 3. The number of hydrogen-bond acceptors (Lipinski definition) is 5. The number of halogens is 2. The molecule has 2 unspecified atom stereocenters. The van der Waals surface area contributed by atoms with Crippen LogP contribution in [0.1, 0.15) is 118 Å². The highest BCUT2D eigenvalue weighted by molar-refractivity contribution is 6.00. The molecule has 0 radical (unpaired) electrons. The highest BCUT2D eigenvalue weighted by Crippen LogP contribution is 2.44. The molecule has 0 amide bonds. The van der Waals surface area contributed by atoms with Gasteiger partial charge in [0.15, 0.2) is 11.6 Å². The van der Waals surface area contributed by atoms with Gasteiger partial charge in [0.25, 0.3) is 5.92 Å². The van der Waals surface area contributed by atoms with Gasteiger partial charge in [0.2, 0.25) is 0 Å². The van der Waals surface area contributed by atoms with E-state index in [0.29, 0.717) is 24.1 Å². The van der Waals surface area contributed by atoms with Crippen LogP contribution in [0, 0.1) is 11.8 Å². The van der Waals surface area contributed by atoms with Crippen LogP contribution in [0.4, 0.5) is 8.78 Å². The number of alkyl halides is 2. The molecule has 3 rings (SSSR count). The van der Waals surface area contributed by atoms with E-state index in [2.05, 4.69) is 4.98 Å². The smallest absolute Gasteiger partial charge is 0.309 e. The van der Waals surface area contributed by atoms with Gasteiger partial charge in [-0.2, -0.15) is 0 Å². The maximum Gasteiger partial charge on any atom is 0.309 e. The number of hydrogen-bond donors (Lipinski definition) is 0. The van der Waals surface area contributed by atoms with E-state index in [4.69, 9.17) is 4.74 Å². The number of Topliss-reactive ketones (excluding diaryl/α,β-unsaturated/α-hetero) is 2. The molecule has 5 nitrogen and oxygen atoms in total. The summed E-state index contributed by atoms with van der Waals surface area (Å²) >= 11 is 0. The van der Waals surface area contributed by atoms with Crippen LogP contribution in [0.5, 0.6) is 0 Å². The number of pyridine rings is 1. The Morgan fingerprint density at radius 1 is 1.08 bits per heavy atom. The first-order valence-corrected chi connectivity index (χ1v) is 13.5. The topological polar surface area (TPSA) is 73.3 Å². The fourth-order valence-corrected chi connectivity index (χ4v) is 4.98. The van der Waals surface area contributed by atoms with E-state index in [-0.39, 0.29) is 48.9 Å². The van der Waals surface area contributed by atoms with Crippen molar-refractivity contribution in [3.8, 4) is 0 Å². The summed E-state index contributed by atoms with van der Waals surface area (Å²) in [6.07, 6.45) is 0.924. The molecule has 1 aromatic heterocycles. The number of nitrogens with zero attached hydrogens (tertiary/aromatic N) is 1. The number of rotatable bonds is 10. The largest absolute Gasteiger partial charge is 0.460 e. The predicted molar refractivity (Wildman–Crippen MR) is 143 cm³/mol. The third kappa shape index (κ3) is 7.78. The predicted octanol–water partition coefficient (Wildman–Crippen LogP) is 7.57. The second-order valence-electron chi connectivity index (χ2n) is 11.4. The summed E-state index contributed by atoms with van der Waals surface area (Å²) in [6.45, 7) is 8.89. The summed E-state index contributed by atoms with van der Waals surface area (Å²) in [7, 11) is 0. The Hall–Kier alpha value is -2.96. The maximum atomic E-state index is 14.9. The molecule has 38 heavy (non-hydrogen) atoms. The molecule has 1 heterocycles. The molecule has 0 saturated heterocycles. The van der Waals surface area contributed by atoms with Gasteiger partial charge < -0.3 is 4.74 Å². The molecule has 0 spiro atoms. The van der Waals surface area contributed by atoms with Crippen LogP contribution in [0.25, 0.3) is 0 Å². The average molecular weight is 528 g/mol. The normalized spacial score (nSPS) is 20.0. The maximum absolute atomic E-state index is 14.9. The molecule has 1 saturated carbocycles. The van der Waals surface area contributed by atoms with Crippen molar-refractivity contribution in [1.82, 2.24) is 4.98 Å². The van der Waals surface area contributed by atoms with E-state index in [1.165, 1.54) is 6.07 Å². The SMILES string of the molecule is CCC(=O)c1cc(C(=O)CCCC2CCC(C(=O)OC(C)(C)C)CC2(F)F)cc([C@@H](C)c2ccccc2)n1. The lowest BCUT2D eigenvalue weighted by molar-refractivity contribution is -0.171. The number of aromatic nitrogens is 1. The number of ether oxygens (including phenoxy) is 1. The number of esters is 1. The van der Waals surface area contributed by atoms with E-state index < -0.39 is 35.7 Å². The van der Waals surface area contributed by atoms with E-state index in [0.717, 1.165) is 5.56 Å². The summed E-state index contributed by atoms with van der Waals surface area (Å²) in [5.41, 5.74) is 1.57. The second kappa shape index (κ2) is 12.3. The molecule has 2 aromatic rings. The Bertz CT molecular complexity index is 1140. The van der Waals surface area contributed by atoms with E-state index in [1.54, 1.807) is 33.8 Å². The van der Waals surface area contributed by atoms with Gasteiger partial charge in [0.1, 0.15) is 11.3 Å². The molecule has 7 heteroatoms. The first kappa shape index (κ1) is 29.6. The van der Waals surface area contributed by atoms with Gasteiger partial charge in [0, 0.05) is 42.4 Å². The van der Waals surface area contributed by atoms with Gasteiger partial charge in [-0.25, -0.2) is 13.8 Å². The van der Waals surface area contributed by atoms with E-state index in [9.17, 15) is 23.2 Å². The van der Waals surface area contributed by atoms with Gasteiger partial charge in [0.05, 0.1) is 5.92 Å². The molecule has 0 aliphatic heterocycles. The minimum atomic E-state index is -2.99. The monoisotopic (exact) mass is 527 g/mol. The summed E-state index contributed by atoms with van der Waals surface area (Å²) < 4.78 is 35.1. The molecule has 1 aliphatic rings. The number of ketones is 2. The lowest BCUT2D eigenvalue weighted by Crippen LogP contribution is -2.40. The van der Waals surface area contributed by atoms with E-state index in [1.807, 2.05) is 37.3 Å². The van der Waals surface area contributed by atoms with Crippen LogP contribution in [0.2, 0.25) is 0 Å². The van der Waals surface area contributed by atoms with Crippen LogP contribution >= 0.6 is 0 Å². The Labute approximate surface area is 224 Å². The lowest BCUT2D eigenvalue weighted by Gasteiger charge is -2.36. The summed E-state index contributed by atoms with van der Waals surface area (Å²) in [5, 5.41) is 0. The fraction of sp³-hybridized carbons (Fsp3) is 0.548. The van der Waals surface area contributed by atoms with Crippen molar-refractivity contribution in [2.75, 3.05) is 0 Å². The lowest BCUT2D eigenvalue weighted by atomic mass is 9.76. The van der Waals surface area contributed by atoms with Crippen molar-refractivity contribution in [1.29, 1.82) is 0 Å². The third-order valence-electron chi connectivity index (χ3n) is 7.19. The first-order chi connectivity index (χ1) is 17.8. The van der Waals surface area contributed by atoms with Crippen molar-refractivity contribution >= 4 is 17.5 Å². The molecule has 3 atom stereocenters. The third-order valence-corrected chi connectivity index (χ3v) is 7.19. The van der Waals surface area contributed by atoms with Crippen molar-refractivity contribution in [3.05, 3.63) is 65.0 Å². The molecule has 206 valence electrons. The van der Waals surface area contributed by atoms with Gasteiger partial charge >= 0.3 is 5.97 Å². The molecule has 0 bridgehead atoms. The van der Waals surface area contributed by atoms with Gasteiger partial charge in [-0.15, -0.1) is 0 Å². The molecular formula is C31H39F2NO4. The Morgan fingerprint density at radius 3 is 2.37 bits per heavy atom. The minimum Gasteiger partial charge on any atom is -0.460 e. The molecule has 1 fully saturated rings. The summed E-state index contributed by atoms with van der Waals surface area (Å²) in [6, 6.07) is 13.0. The van der Waals surface area contributed by atoms with Crippen LogP contribution in [0.3, 0.4) is 0 Å². The van der Waals surface area contributed by atoms with Gasteiger partial charge in [-0.05, 0) is 64.2 Å². The highest BCUT2D eigenvalue weighted by Gasteiger charge is 2.47. The summed E-state index contributed by atoms with van der Waals surface area (Å²) in [5.74, 6) is -5.70. The zero-order chi connectivity index (χ0) is 28.1. The molecule has 1 aliphatic carbocycles. The quantitative estimate of drug-likeness (QED) is 0.235. The molecule has 1 aromatic carbocycles. The Morgan fingerprint density at radius 2 is 1.76 bits per heavy atom. The van der Waals surface area contributed by atoms with Crippen LogP contribution in [-0.2, 0) is 9.53 Å². The molecular weight excluding hydrogens is 488 g/mol. The number of benzene rings is 1. The second-order valence-corrected chi connectivity index (χ2v) is 11.4. The van der Waals surface area contributed by atoms with Gasteiger partial charge in [-0.3, -0.25) is 14.4 Å². The Kier molecular flexibility index (Phi) is 9.55. The van der Waals surface area contributed by atoms with E-state index >= 15 is 0 Å². The molecule has 0 N–H and O–H groups in total. The number of carbonyl (C=O) groups excluding carboxylic acids is 3. The Balaban J connectivity index is 1.66.